The fourth-order valence-corrected chi connectivity index (χ4v) is 1.06. The second-order valence-electron chi connectivity index (χ2n) is 2.94. The van der Waals surface area contributed by atoms with Gasteiger partial charge in [-0.3, -0.25) is 0 Å². The summed E-state index contributed by atoms with van der Waals surface area (Å²) in [5.74, 6) is 1.09. The molecule has 1 aromatic carbocycles. The van der Waals surface area contributed by atoms with Gasteiger partial charge in [-0.05, 0) is 6.42 Å². The number of H-pyrrole nitrogens is 1. The van der Waals surface area contributed by atoms with Crippen molar-refractivity contribution in [3.05, 3.63) is 54.6 Å². The number of nitrogens with one attached hydrogen (secondary N) is 1. The molecule has 1 N–H and O–H groups in total. The summed E-state index contributed by atoms with van der Waals surface area (Å²) in [6, 6.07) is 12.0. The highest BCUT2D eigenvalue weighted by atomic mass is 14.9. The van der Waals surface area contributed by atoms with E-state index >= 15 is 0 Å². The van der Waals surface area contributed by atoms with Crippen molar-refractivity contribution >= 4 is 0 Å². The minimum absolute atomic E-state index is 1.06. The van der Waals surface area contributed by atoms with Crippen molar-refractivity contribution in [3.63, 3.8) is 0 Å². The summed E-state index contributed by atoms with van der Waals surface area (Å²) in [4.78, 5) is 7.08. The van der Waals surface area contributed by atoms with E-state index in [0.717, 1.165) is 18.7 Å². The first-order valence-corrected chi connectivity index (χ1v) is 4.91. The zero-order chi connectivity index (χ0) is 10.1. The van der Waals surface area contributed by atoms with Crippen LogP contribution in [0.4, 0.5) is 0 Å². The molecule has 0 fully saturated rings. The van der Waals surface area contributed by atoms with Gasteiger partial charge in [-0.15, -0.1) is 0 Å². The van der Waals surface area contributed by atoms with Crippen LogP contribution in [0.5, 0.6) is 0 Å². The molecule has 0 spiro atoms. The molecule has 1 aromatic heterocycles. The summed E-state index contributed by atoms with van der Waals surface area (Å²) in [5, 5.41) is 0. The summed E-state index contributed by atoms with van der Waals surface area (Å²) in [7, 11) is 0. The minimum Gasteiger partial charge on any atom is -0.349 e. The van der Waals surface area contributed by atoms with Crippen LogP contribution in [0.1, 0.15) is 19.2 Å². The van der Waals surface area contributed by atoms with Gasteiger partial charge in [-0.1, -0.05) is 43.3 Å². The zero-order valence-electron chi connectivity index (χ0n) is 8.48. The lowest BCUT2D eigenvalue weighted by atomic mass is 10.3. The molecule has 2 aromatic rings. The van der Waals surface area contributed by atoms with E-state index in [9.17, 15) is 0 Å². The first-order chi connectivity index (χ1) is 6.93. The van der Waals surface area contributed by atoms with E-state index in [-0.39, 0.29) is 0 Å². The first-order valence-electron chi connectivity index (χ1n) is 4.91. The van der Waals surface area contributed by atoms with E-state index in [4.69, 9.17) is 0 Å². The third-order valence-corrected chi connectivity index (χ3v) is 1.71. The van der Waals surface area contributed by atoms with Gasteiger partial charge in [0.05, 0.1) is 0 Å². The third-order valence-electron chi connectivity index (χ3n) is 1.71. The SMILES string of the molecule is CCCc1ncc[nH]1.c1ccccc1. The van der Waals surface area contributed by atoms with Crippen molar-refractivity contribution < 1.29 is 0 Å². The molecule has 14 heavy (non-hydrogen) atoms. The lowest BCUT2D eigenvalue weighted by molar-refractivity contribution is 0.856. The average Bonchev–Trinajstić information content (AvgIpc) is 2.75. The number of rotatable bonds is 2. The molecule has 1 heterocycles. The summed E-state index contributed by atoms with van der Waals surface area (Å²) in [6.07, 6.45) is 5.86. The van der Waals surface area contributed by atoms with E-state index in [1.54, 1.807) is 6.20 Å². The molecule has 0 amide bonds. The van der Waals surface area contributed by atoms with Gasteiger partial charge in [-0.25, -0.2) is 4.98 Å². The molecule has 2 rings (SSSR count). The second-order valence-corrected chi connectivity index (χ2v) is 2.94. The number of nitrogens with zero attached hydrogens (tertiary/aromatic N) is 1. The maximum Gasteiger partial charge on any atom is 0.105 e. The van der Waals surface area contributed by atoms with Crippen molar-refractivity contribution in [2.24, 2.45) is 0 Å². The molecule has 0 aliphatic heterocycles. The number of benzene rings is 1. The van der Waals surface area contributed by atoms with Gasteiger partial charge in [0.2, 0.25) is 0 Å². The number of aromatic nitrogens is 2. The number of aromatic amines is 1. The highest BCUT2D eigenvalue weighted by Gasteiger charge is 1.87. The molecule has 0 bridgehead atoms. The maximum absolute atomic E-state index is 4.05. The molecule has 0 unspecified atom stereocenters. The molecule has 0 atom stereocenters. The lowest BCUT2D eigenvalue weighted by Crippen LogP contribution is -1.83. The van der Waals surface area contributed by atoms with Crippen LogP contribution in [0.25, 0.3) is 0 Å². The fraction of sp³-hybridized carbons (Fsp3) is 0.250. The van der Waals surface area contributed by atoms with Crippen molar-refractivity contribution in [2.75, 3.05) is 0 Å². The highest BCUT2D eigenvalue weighted by molar-refractivity contribution is 4.99. The van der Waals surface area contributed by atoms with Crippen LogP contribution in [0.2, 0.25) is 0 Å². The van der Waals surface area contributed by atoms with Crippen LogP contribution in [-0.4, -0.2) is 9.97 Å². The molecule has 0 aliphatic carbocycles. The molecule has 0 saturated heterocycles. The molecule has 0 radical (unpaired) electrons. The molecule has 0 aliphatic rings. The Morgan fingerprint density at radius 2 is 1.64 bits per heavy atom. The molecule has 74 valence electrons. The van der Waals surface area contributed by atoms with Crippen LogP contribution in [0.3, 0.4) is 0 Å². The van der Waals surface area contributed by atoms with E-state index < -0.39 is 0 Å². The molecular weight excluding hydrogens is 172 g/mol. The second kappa shape index (κ2) is 6.89. The largest absolute Gasteiger partial charge is 0.349 e. The van der Waals surface area contributed by atoms with Crippen molar-refractivity contribution in [3.8, 4) is 0 Å². The van der Waals surface area contributed by atoms with Crippen molar-refractivity contribution in [2.45, 2.75) is 19.8 Å². The van der Waals surface area contributed by atoms with Gasteiger partial charge < -0.3 is 4.98 Å². The van der Waals surface area contributed by atoms with E-state index in [2.05, 4.69) is 16.9 Å². The Hall–Kier alpha value is -1.57. The number of hydrogen-bond acceptors (Lipinski definition) is 1. The van der Waals surface area contributed by atoms with Crippen molar-refractivity contribution in [1.29, 1.82) is 0 Å². The Kier molecular flexibility index (Phi) is 5.18. The van der Waals surface area contributed by atoms with Gasteiger partial charge in [0, 0.05) is 18.8 Å². The summed E-state index contributed by atoms with van der Waals surface area (Å²) < 4.78 is 0. The van der Waals surface area contributed by atoms with Gasteiger partial charge in [0.15, 0.2) is 0 Å². The Morgan fingerprint density at radius 1 is 1.07 bits per heavy atom. The van der Waals surface area contributed by atoms with Gasteiger partial charge >= 0.3 is 0 Å². The fourth-order valence-electron chi connectivity index (χ4n) is 1.06. The predicted molar refractivity (Wildman–Crippen MR) is 59.0 cm³/mol. The minimum atomic E-state index is 1.06. The summed E-state index contributed by atoms with van der Waals surface area (Å²) in [6.45, 7) is 2.14. The normalized spacial score (nSPS) is 8.93. The molecule has 2 heteroatoms. The topological polar surface area (TPSA) is 28.7 Å². The summed E-state index contributed by atoms with van der Waals surface area (Å²) in [5.41, 5.74) is 0. The Bertz CT molecular complexity index is 274. The zero-order valence-corrected chi connectivity index (χ0v) is 8.48. The van der Waals surface area contributed by atoms with Gasteiger partial charge in [0.1, 0.15) is 5.82 Å². The number of aryl methyl sites for hydroxylation is 1. The van der Waals surface area contributed by atoms with E-state index in [0.29, 0.717) is 0 Å². The lowest BCUT2D eigenvalue weighted by Gasteiger charge is -1.85. The number of imidazole rings is 1. The monoisotopic (exact) mass is 188 g/mol. The predicted octanol–water partition coefficient (Wildman–Crippen LogP) is 3.05. The van der Waals surface area contributed by atoms with Gasteiger partial charge in [-0.2, -0.15) is 0 Å². The standard InChI is InChI=1S/C6H10N2.C6H6/c1-2-3-6-7-4-5-8-6;1-2-4-6-5-3-1/h4-5H,2-3H2,1H3,(H,7,8);1-6H. The van der Waals surface area contributed by atoms with Crippen LogP contribution < -0.4 is 0 Å². The van der Waals surface area contributed by atoms with Crippen LogP contribution in [0.15, 0.2) is 48.8 Å². The Labute approximate surface area is 85.0 Å². The quantitative estimate of drug-likeness (QED) is 0.771. The highest BCUT2D eigenvalue weighted by Crippen LogP contribution is 1.91. The summed E-state index contributed by atoms with van der Waals surface area (Å²) >= 11 is 0. The third kappa shape index (κ3) is 4.45. The van der Waals surface area contributed by atoms with E-state index in [1.165, 1.54) is 0 Å². The van der Waals surface area contributed by atoms with Crippen molar-refractivity contribution in [1.82, 2.24) is 9.97 Å². The Balaban J connectivity index is 0.000000146. The molecule has 2 nitrogen and oxygen atoms in total. The van der Waals surface area contributed by atoms with Crippen LogP contribution >= 0.6 is 0 Å². The van der Waals surface area contributed by atoms with E-state index in [1.807, 2.05) is 42.6 Å². The van der Waals surface area contributed by atoms with Gasteiger partial charge in [0.25, 0.3) is 0 Å². The molecule has 0 saturated carbocycles. The molecular formula is C12H16N2. The number of hydrogen-bond donors (Lipinski definition) is 1. The first kappa shape index (κ1) is 10.5. The van der Waals surface area contributed by atoms with Crippen LogP contribution in [-0.2, 0) is 6.42 Å². The average molecular weight is 188 g/mol. The van der Waals surface area contributed by atoms with Crippen LogP contribution in [0, 0.1) is 0 Å². The smallest absolute Gasteiger partial charge is 0.105 e. The Morgan fingerprint density at radius 3 is 2.00 bits per heavy atom. The maximum atomic E-state index is 4.05.